The molecule has 1 fully saturated rings. The van der Waals surface area contributed by atoms with Gasteiger partial charge in [0.25, 0.3) is 0 Å². The largest absolute Gasteiger partial charge is 0.573 e. The van der Waals surface area contributed by atoms with Crippen LogP contribution in [0.3, 0.4) is 0 Å². The van der Waals surface area contributed by atoms with Gasteiger partial charge in [-0.1, -0.05) is 0 Å². The Morgan fingerprint density at radius 2 is 1.59 bits per heavy atom. The first kappa shape index (κ1) is 20.5. The summed E-state index contributed by atoms with van der Waals surface area (Å²) in [6.07, 6.45) is -3.76. The van der Waals surface area contributed by atoms with Crippen LogP contribution >= 0.6 is 0 Å². The van der Waals surface area contributed by atoms with Gasteiger partial charge in [0.1, 0.15) is 11.5 Å². The van der Waals surface area contributed by atoms with Gasteiger partial charge in [0.2, 0.25) is 0 Å². The van der Waals surface area contributed by atoms with E-state index in [0.717, 1.165) is 12.1 Å². The van der Waals surface area contributed by atoms with E-state index in [2.05, 4.69) is 10.1 Å². The van der Waals surface area contributed by atoms with Gasteiger partial charge in [0.05, 0.1) is 0 Å². The van der Waals surface area contributed by atoms with Crippen molar-refractivity contribution in [1.82, 2.24) is 4.90 Å². The number of ether oxygens (including phenoxy) is 1. The Kier molecular flexibility index (Phi) is 5.95. The van der Waals surface area contributed by atoms with Gasteiger partial charge in [0, 0.05) is 30.3 Å². The minimum Gasteiger partial charge on any atom is -0.508 e. The van der Waals surface area contributed by atoms with Crippen LogP contribution in [0.5, 0.6) is 11.5 Å². The Balaban J connectivity index is 1.51. The van der Waals surface area contributed by atoms with E-state index in [9.17, 15) is 27.9 Å². The summed E-state index contributed by atoms with van der Waals surface area (Å²) in [6.45, 7) is 0.769. The maximum atomic E-state index is 12.5. The van der Waals surface area contributed by atoms with Crippen LogP contribution in [0, 0.1) is 5.92 Å². The highest BCUT2D eigenvalue weighted by Crippen LogP contribution is 2.25. The van der Waals surface area contributed by atoms with Gasteiger partial charge >= 0.3 is 12.4 Å². The molecule has 2 amide bonds. The van der Waals surface area contributed by atoms with Crippen molar-refractivity contribution in [2.24, 2.45) is 5.92 Å². The van der Waals surface area contributed by atoms with Crippen LogP contribution in [0.2, 0.25) is 0 Å². The predicted octanol–water partition coefficient (Wildman–Crippen LogP) is 4.42. The SMILES string of the molecule is O=C(c1ccc(O)cc1)C1CCN(C(=O)Nc2ccc(OC(F)(F)F)cc2)CC1. The summed E-state index contributed by atoms with van der Waals surface area (Å²) >= 11 is 0. The quantitative estimate of drug-likeness (QED) is 0.735. The molecule has 0 radical (unpaired) electrons. The average molecular weight is 408 g/mol. The van der Waals surface area contributed by atoms with E-state index in [0.29, 0.717) is 37.2 Å². The van der Waals surface area contributed by atoms with Crippen molar-refractivity contribution < 1.29 is 32.6 Å². The van der Waals surface area contributed by atoms with E-state index >= 15 is 0 Å². The maximum Gasteiger partial charge on any atom is 0.573 e. The molecular weight excluding hydrogens is 389 g/mol. The fraction of sp³-hybridized carbons (Fsp3) is 0.300. The van der Waals surface area contributed by atoms with Crippen LogP contribution in [-0.4, -0.2) is 41.3 Å². The number of anilines is 1. The molecule has 0 unspecified atom stereocenters. The standard InChI is InChI=1S/C20H19F3N2O4/c21-20(22,23)29-17-7-3-15(4-8-17)24-19(28)25-11-9-14(10-12-25)18(27)13-1-5-16(26)6-2-13/h1-8,14,26H,9-12H2,(H,24,28). The highest BCUT2D eigenvalue weighted by atomic mass is 19.4. The van der Waals surface area contributed by atoms with Crippen LogP contribution in [0.1, 0.15) is 23.2 Å². The lowest BCUT2D eigenvalue weighted by Crippen LogP contribution is -2.42. The number of carbonyl (C=O) groups is 2. The third kappa shape index (κ3) is 5.63. The number of phenols is 1. The number of carbonyl (C=O) groups excluding carboxylic acids is 2. The average Bonchev–Trinajstić information content (AvgIpc) is 2.68. The summed E-state index contributed by atoms with van der Waals surface area (Å²) in [5, 5.41) is 11.9. The van der Waals surface area contributed by atoms with Crippen molar-refractivity contribution in [2.75, 3.05) is 18.4 Å². The molecule has 2 aromatic rings. The summed E-state index contributed by atoms with van der Waals surface area (Å²) in [4.78, 5) is 26.4. The Bertz CT molecular complexity index is 859. The smallest absolute Gasteiger partial charge is 0.508 e. The van der Waals surface area contributed by atoms with E-state index in [4.69, 9.17) is 0 Å². The van der Waals surface area contributed by atoms with Crippen LogP contribution < -0.4 is 10.1 Å². The second-order valence-electron chi connectivity index (χ2n) is 6.67. The van der Waals surface area contributed by atoms with Crippen molar-refractivity contribution in [2.45, 2.75) is 19.2 Å². The molecule has 9 heteroatoms. The number of hydrogen-bond acceptors (Lipinski definition) is 4. The molecule has 1 aliphatic rings. The second-order valence-corrected chi connectivity index (χ2v) is 6.67. The number of hydrogen-bond donors (Lipinski definition) is 2. The maximum absolute atomic E-state index is 12.5. The summed E-state index contributed by atoms with van der Waals surface area (Å²) < 4.78 is 40.3. The number of rotatable bonds is 4. The van der Waals surface area contributed by atoms with Gasteiger partial charge < -0.3 is 20.1 Å². The van der Waals surface area contributed by atoms with Crippen LogP contribution in [0.15, 0.2) is 48.5 Å². The zero-order valence-electron chi connectivity index (χ0n) is 15.3. The van der Waals surface area contributed by atoms with Crippen molar-refractivity contribution >= 4 is 17.5 Å². The molecule has 6 nitrogen and oxygen atoms in total. The second kappa shape index (κ2) is 8.42. The third-order valence-corrected chi connectivity index (χ3v) is 4.64. The summed E-state index contributed by atoms with van der Waals surface area (Å²) in [7, 11) is 0. The molecule has 3 rings (SSSR count). The number of amides is 2. The van der Waals surface area contributed by atoms with E-state index < -0.39 is 6.36 Å². The van der Waals surface area contributed by atoms with Gasteiger partial charge in [-0.05, 0) is 61.4 Å². The van der Waals surface area contributed by atoms with Gasteiger partial charge in [-0.25, -0.2) is 4.79 Å². The minimum atomic E-state index is -4.77. The Morgan fingerprint density at radius 3 is 2.14 bits per heavy atom. The van der Waals surface area contributed by atoms with E-state index in [1.165, 1.54) is 24.3 Å². The molecular formula is C20H19F3N2O4. The summed E-state index contributed by atoms with van der Waals surface area (Å²) in [5.41, 5.74) is 0.860. The molecule has 0 spiro atoms. The number of phenolic OH excluding ortho intramolecular Hbond substituents is 1. The molecule has 2 N–H and O–H groups in total. The van der Waals surface area contributed by atoms with E-state index in [-0.39, 0.29) is 29.2 Å². The number of aromatic hydroxyl groups is 1. The molecule has 0 bridgehead atoms. The van der Waals surface area contributed by atoms with Gasteiger partial charge in [-0.2, -0.15) is 0 Å². The number of piperidine rings is 1. The monoisotopic (exact) mass is 408 g/mol. The Morgan fingerprint density at radius 1 is 1.00 bits per heavy atom. The highest BCUT2D eigenvalue weighted by Gasteiger charge is 2.31. The number of ketones is 1. The van der Waals surface area contributed by atoms with E-state index in [1.807, 2.05) is 0 Å². The van der Waals surface area contributed by atoms with Gasteiger partial charge in [0.15, 0.2) is 5.78 Å². The molecule has 2 aromatic carbocycles. The summed E-state index contributed by atoms with van der Waals surface area (Å²) in [6, 6.07) is 10.6. The number of nitrogens with one attached hydrogen (secondary N) is 1. The van der Waals surface area contributed by atoms with Gasteiger partial charge in [-0.3, -0.25) is 4.79 Å². The zero-order valence-corrected chi connectivity index (χ0v) is 15.3. The lowest BCUT2D eigenvalue weighted by molar-refractivity contribution is -0.274. The number of benzene rings is 2. The first-order valence-electron chi connectivity index (χ1n) is 8.96. The Hall–Kier alpha value is -3.23. The summed E-state index contributed by atoms with van der Waals surface area (Å²) in [5.74, 6) is -0.511. The van der Waals surface area contributed by atoms with Crippen LogP contribution in [0.25, 0.3) is 0 Å². The Labute approximate surface area is 164 Å². The number of nitrogens with zero attached hydrogens (tertiary/aromatic N) is 1. The number of urea groups is 1. The number of likely N-dealkylation sites (tertiary alicyclic amines) is 1. The molecule has 1 heterocycles. The molecule has 0 aromatic heterocycles. The molecule has 0 aliphatic carbocycles. The first-order chi connectivity index (χ1) is 13.7. The van der Waals surface area contributed by atoms with E-state index in [1.54, 1.807) is 17.0 Å². The highest BCUT2D eigenvalue weighted by molar-refractivity contribution is 5.98. The first-order valence-corrected chi connectivity index (χ1v) is 8.96. The van der Waals surface area contributed by atoms with Crippen molar-refractivity contribution in [3.8, 4) is 11.5 Å². The predicted molar refractivity (Wildman–Crippen MR) is 98.9 cm³/mol. The number of Topliss-reactive ketones (excluding diaryl/α,β-unsaturated/α-hetero) is 1. The fourth-order valence-electron chi connectivity index (χ4n) is 3.15. The van der Waals surface area contributed by atoms with Crippen LogP contribution in [0.4, 0.5) is 23.7 Å². The lowest BCUT2D eigenvalue weighted by Gasteiger charge is -2.31. The molecule has 29 heavy (non-hydrogen) atoms. The zero-order chi connectivity index (χ0) is 21.0. The van der Waals surface area contributed by atoms with Crippen LogP contribution in [-0.2, 0) is 0 Å². The van der Waals surface area contributed by atoms with Crippen molar-refractivity contribution in [3.05, 3.63) is 54.1 Å². The number of alkyl halides is 3. The number of halogens is 3. The molecule has 1 saturated heterocycles. The van der Waals surface area contributed by atoms with Crippen molar-refractivity contribution in [3.63, 3.8) is 0 Å². The minimum absolute atomic E-state index is 0.0229. The molecule has 154 valence electrons. The lowest BCUT2D eigenvalue weighted by atomic mass is 9.89. The third-order valence-electron chi connectivity index (χ3n) is 4.64. The topological polar surface area (TPSA) is 78.9 Å². The fourth-order valence-corrected chi connectivity index (χ4v) is 3.15. The molecule has 1 aliphatic heterocycles. The van der Waals surface area contributed by atoms with Gasteiger partial charge in [-0.15, -0.1) is 13.2 Å². The molecule has 0 atom stereocenters. The normalized spacial score (nSPS) is 15.1. The molecule has 0 saturated carbocycles. The van der Waals surface area contributed by atoms with Crippen molar-refractivity contribution in [1.29, 1.82) is 0 Å².